The third kappa shape index (κ3) is 7.01. The number of aliphatic imine (C=N–C) groups is 1. The maximum atomic E-state index is 5.74. The fourth-order valence-corrected chi connectivity index (χ4v) is 2.47. The monoisotopic (exact) mass is 319 g/mol. The summed E-state index contributed by atoms with van der Waals surface area (Å²) in [7, 11) is 1.80. The van der Waals surface area contributed by atoms with E-state index in [1.54, 1.807) is 7.05 Å². The van der Waals surface area contributed by atoms with E-state index < -0.39 is 0 Å². The summed E-state index contributed by atoms with van der Waals surface area (Å²) >= 11 is 0. The molecule has 0 bridgehead atoms. The lowest BCUT2D eigenvalue weighted by molar-refractivity contribution is 0.0420. The smallest absolute Gasteiger partial charge is 0.190 e. The minimum Gasteiger partial charge on any atom is -0.379 e. The highest BCUT2D eigenvalue weighted by molar-refractivity contribution is 5.79. The van der Waals surface area contributed by atoms with Gasteiger partial charge in [0.25, 0.3) is 0 Å². The molecule has 1 unspecified atom stereocenters. The summed E-state index contributed by atoms with van der Waals surface area (Å²) in [4.78, 5) is 4.24. The molecule has 0 radical (unpaired) electrons. The van der Waals surface area contributed by atoms with E-state index in [0.29, 0.717) is 6.10 Å². The molecule has 128 valence electrons. The Balaban J connectivity index is 1.53. The number of ether oxygens (including phenoxy) is 2. The zero-order chi connectivity index (χ0) is 16.3. The Morgan fingerprint density at radius 1 is 1.26 bits per heavy atom. The average molecular weight is 319 g/mol. The molecule has 1 fully saturated rings. The van der Waals surface area contributed by atoms with Crippen LogP contribution in [0.2, 0.25) is 0 Å². The standard InChI is InChI=1S/C18H29N3O2/c1-15-4-6-16(7-5-15)8-11-21-18(19-2)20-10-3-12-23-17-9-13-22-14-17/h4-7,17H,3,8-14H2,1-2H3,(H2,19,20,21). The lowest BCUT2D eigenvalue weighted by Crippen LogP contribution is -2.39. The Bertz CT molecular complexity index is 468. The summed E-state index contributed by atoms with van der Waals surface area (Å²) in [5, 5.41) is 6.66. The maximum Gasteiger partial charge on any atom is 0.190 e. The quantitative estimate of drug-likeness (QED) is 0.436. The largest absolute Gasteiger partial charge is 0.379 e. The van der Waals surface area contributed by atoms with Crippen LogP contribution in [0, 0.1) is 6.92 Å². The van der Waals surface area contributed by atoms with Crippen molar-refractivity contribution in [3.63, 3.8) is 0 Å². The summed E-state index contributed by atoms with van der Waals surface area (Å²) in [6.07, 6.45) is 3.28. The van der Waals surface area contributed by atoms with Gasteiger partial charge in [-0.05, 0) is 31.7 Å². The molecule has 1 aromatic rings. The van der Waals surface area contributed by atoms with Crippen molar-refractivity contribution in [2.75, 3.05) is 40.0 Å². The first-order chi connectivity index (χ1) is 11.3. The van der Waals surface area contributed by atoms with E-state index in [1.807, 2.05) is 0 Å². The van der Waals surface area contributed by atoms with Gasteiger partial charge in [0.2, 0.25) is 0 Å². The molecule has 1 aliphatic heterocycles. The van der Waals surface area contributed by atoms with Gasteiger partial charge in [0.1, 0.15) is 0 Å². The van der Waals surface area contributed by atoms with E-state index in [1.165, 1.54) is 11.1 Å². The molecular weight excluding hydrogens is 290 g/mol. The predicted molar refractivity (Wildman–Crippen MR) is 94.0 cm³/mol. The second-order valence-electron chi connectivity index (χ2n) is 5.87. The molecule has 0 spiro atoms. The molecule has 0 amide bonds. The van der Waals surface area contributed by atoms with E-state index in [2.05, 4.69) is 46.8 Å². The average Bonchev–Trinajstić information content (AvgIpc) is 3.08. The fraction of sp³-hybridized carbons (Fsp3) is 0.611. The van der Waals surface area contributed by atoms with Crippen molar-refractivity contribution >= 4 is 5.96 Å². The normalized spacial score (nSPS) is 18.2. The first-order valence-corrected chi connectivity index (χ1v) is 8.47. The molecule has 5 nitrogen and oxygen atoms in total. The number of hydrogen-bond donors (Lipinski definition) is 2. The molecular formula is C18H29N3O2. The van der Waals surface area contributed by atoms with E-state index in [0.717, 1.165) is 58.1 Å². The van der Waals surface area contributed by atoms with Crippen molar-refractivity contribution in [3.05, 3.63) is 35.4 Å². The van der Waals surface area contributed by atoms with Gasteiger partial charge in [-0.15, -0.1) is 0 Å². The van der Waals surface area contributed by atoms with Gasteiger partial charge in [0, 0.05) is 33.4 Å². The van der Waals surface area contributed by atoms with Gasteiger partial charge < -0.3 is 20.1 Å². The molecule has 5 heteroatoms. The molecule has 1 heterocycles. The Labute approximate surface area is 139 Å². The summed E-state index contributed by atoms with van der Waals surface area (Å²) < 4.78 is 11.0. The summed E-state index contributed by atoms with van der Waals surface area (Å²) in [6, 6.07) is 8.66. The maximum absolute atomic E-state index is 5.74. The molecule has 2 N–H and O–H groups in total. The van der Waals surface area contributed by atoms with Crippen molar-refractivity contribution in [1.29, 1.82) is 0 Å². The van der Waals surface area contributed by atoms with Crippen molar-refractivity contribution in [1.82, 2.24) is 10.6 Å². The second-order valence-corrected chi connectivity index (χ2v) is 5.87. The van der Waals surface area contributed by atoms with Gasteiger partial charge in [-0.25, -0.2) is 0 Å². The lowest BCUT2D eigenvalue weighted by atomic mass is 10.1. The van der Waals surface area contributed by atoms with Gasteiger partial charge in [0.15, 0.2) is 5.96 Å². The van der Waals surface area contributed by atoms with Crippen LogP contribution in [0.3, 0.4) is 0 Å². The van der Waals surface area contributed by atoms with E-state index >= 15 is 0 Å². The van der Waals surface area contributed by atoms with Crippen LogP contribution < -0.4 is 10.6 Å². The van der Waals surface area contributed by atoms with Crippen molar-refractivity contribution in [2.24, 2.45) is 4.99 Å². The molecule has 1 aromatic carbocycles. The molecule has 0 saturated carbocycles. The van der Waals surface area contributed by atoms with Crippen LogP contribution >= 0.6 is 0 Å². The summed E-state index contributed by atoms with van der Waals surface area (Å²) in [6.45, 7) is 6.19. The van der Waals surface area contributed by atoms with Crippen LogP contribution in [0.15, 0.2) is 29.3 Å². The molecule has 23 heavy (non-hydrogen) atoms. The van der Waals surface area contributed by atoms with E-state index in [4.69, 9.17) is 9.47 Å². The third-order valence-electron chi connectivity index (χ3n) is 3.91. The van der Waals surface area contributed by atoms with Crippen LogP contribution in [0.4, 0.5) is 0 Å². The van der Waals surface area contributed by atoms with E-state index in [-0.39, 0.29) is 0 Å². The Morgan fingerprint density at radius 3 is 2.74 bits per heavy atom. The fourth-order valence-electron chi connectivity index (χ4n) is 2.47. The number of rotatable bonds is 8. The zero-order valence-corrected chi connectivity index (χ0v) is 14.3. The topological polar surface area (TPSA) is 54.9 Å². The van der Waals surface area contributed by atoms with Crippen LogP contribution in [0.25, 0.3) is 0 Å². The number of nitrogens with one attached hydrogen (secondary N) is 2. The number of hydrogen-bond acceptors (Lipinski definition) is 3. The Morgan fingerprint density at radius 2 is 2.04 bits per heavy atom. The van der Waals surface area contributed by atoms with Gasteiger partial charge >= 0.3 is 0 Å². The number of nitrogens with zero attached hydrogens (tertiary/aromatic N) is 1. The molecule has 0 aromatic heterocycles. The van der Waals surface area contributed by atoms with Crippen LogP contribution in [-0.2, 0) is 15.9 Å². The Hall–Kier alpha value is -1.59. The number of aryl methyl sites for hydroxylation is 1. The molecule has 1 aliphatic rings. The third-order valence-corrected chi connectivity index (χ3v) is 3.91. The Kier molecular flexibility index (Phi) is 7.90. The second kappa shape index (κ2) is 10.2. The minimum atomic E-state index is 0.293. The highest BCUT2D eigenvalue weighted by atomic mass is 16.5. The highest BCUT2D eigenvalue weighted by Crippen LogP contribution is 2.07. The number of guanidine groups is 1. The minimum absolute atomic E-state index is 0.293. The highest BCUT2D eigenvalue weighted by Gasteiger charge is 2.15. The van der Waals surface area contributed by atoms with Crippen LogP contribution in [-0.4, -0.2) is 52.0 Å². The van der Waals surface area contributed by atoms with Crippen molar-refractivity contribution in [2.45, 2.75) is 32.3 Å². The lowest BCUT2D eigenvalue weighted by Gasteiger charge is -2.13. The summed E-state index contributed by atoms with van der Waals surface area (Å²) in [5.74, 6) is 0.848. The molecule has 0 aliphatic carbocycles. The van der Waals surface area contributed by atoms with Gasteiger partial charge in [-0.3, -0.25) is 4.99 Å². The van der Waals surface area contributed by atoms with E-state index in [9.17, 15) is 0 Å². The van der Waals surface area contributed by atoms with Gasteiger partial charge in [-0.1, -0.05) is 29.8 Å². The molecule has 2 rings (SSSR count). The van der Waals surface area contributed by atoms with Crippen LogP contribution in [0.1, 0.15) is 24.0 Å². The molecule has 1 atom stereocenters. The van der Waals surface area contributed by atoms with Crippen molar-refractivity contribution in [3.8, 4) is 0 Å². The number of benzene rings is 1. The first-order valence-electron chi connectivity index (χ1n) is 8.47. The predicted octanol–water partition coefficient (Wildman–Crippen LogP) is 1.90. The molecule has 1 saturated heterocycles. The van der Waals surface area contributed by atoms with Gasteiger partial charge in [0.05, 0.1) is 12.7 Å². The summed E-state index contributed by atoms with van der Waals surface area (Å²) in [5.41, 5.74) is 2.64. The van der Waals surface area contributed by atoms with Gasteiger partial charge in [-0.2, -0.15) is 0 Å². The first kappa shape index (κ1) is 17.8. The zero-order valence-electron chi connectivity index (χ0n) is 14.3. The van der Waals surface area contributed by atoms with Crippen LogP contribution in [0.5, 0.6) is 0 Å². The van der Waals surface area contributed by atoms with Crippen molar-refractivity contribution < 1.29 is 9.47 Å². The SMILES string of the molecule is CN=C(NCCCOC1CCOC1)NCCc1ccc(C)cc1.